The number of pyridine rings is 1. The van der Waals surface area contributed by atoms with Gasteiger partial charge in [-0.2, -0.15) is 5.10 Å². The number of rotatable bonds is 3. The van der Waals surface area contributed by atoms with Crippen LogP contribution >= 0.6 is 0 Å². The van der Waals surface area contributed by atoms with Gasteiger partial charge in [0.25, 0.3) is 6.43 Å². The molecule has 0 spiro atoms. The molecular formula is C15H17F2N3O. The summed E-state index contributed by atoms with van der Waals surface area (Å²) in [6, 6.07) is 1.43. The monoisotopic (exact) mass is 293 g/mol. The van der Waals surface area contributed by atoms with E-state index in [0.29, 0.717) is 28.2 Å². The lowest BCUT2D eigenvalue weighted by Crippen LogP contribution is -2.03. The van der Waals surface area contributed by atoms with Gasteiger partial charge in [-0.05, 0) is 32.4 Å². The van der Waals surface area contributed by atoms with Gasteiger partial charge in [-0.1, -0.05) is 0 Å². The minimum absolute atomic E-state index is 0.0726. The molecule has 0 aliphatic carbocycles. The highest BCUT2D eigenvalue weighted by molar-refractivity contribution is 5.95. The molecule has 0 fully saturated rings. The minimum Gasteiger partial charge on any atom is -0.293 e. The van der Waals surface area contributed by atoms with Crippen molar-refractivity contribution < 1.29 is 13.6 Å². The summed E-state index contributed by atoms with van der Waals surface area (Å²) in [6.07, 6.45) is -2.55. The maximum atomic E-state index is 12.9. The van der Waals surface area contributed by atoms with E-state index in [-0.39, 0.29) is 17.0 Å². The molecule has 0 aliphatic rings. The summed E-state index contributed by atoms with van der Waals surface area (Å²) >= 11 is 0. The average molecular weight is 293 g/mol. The lowest BCUT2D eigenvalue weighted by atomic mass is 10.0. The van der Waals surface area contributed by atoms with Crippen LogP contribution in [0.25, 0.3) is 11.4 Å². The van der Waals surface area contributed by atoms with Gasteiger partial charge in [0.05, 0.1) is 5.69 Å². The second-order valence-electron chi connectivity index (χ2n) is 5.13. The standard InChI is InChI=1S/C15H17F2N3O/c1-7-6-11(15(16)17)9(3)18-12(7)13-8(2)14(10(4)21)20(5)19-13/h6,15H,1-5H3. The molecule has 2 rings (SSSR count). The van der Waals surface area contributed by atoms with Crippen molar-refractivity contribution in [2.24, 2.45) is 7.05 Å². The van der Waals surface area contributed by atoms with Gasteiger partial charge in [-0.3, -0.25) is 14.5 Å². The van der Waals surface area contributed by atoms with E-state index >= 15 is 0 Å². The van der Waals surface area contributed by atoms with Crippen LogP contribution in [0, 0.1) is 20.8 Å². The molecule has 0 radical (unpaired) electrons. The largest absolute Gasteiger partial charge is 0.293 e. The molecule has 6 heteroatoms. The van der Waals surface area contributed by atoms with Crippen LogP contribution in [-0.2, 0) is 7.05 Å². The first-order chi connectivity index (χ1) is 9.73. The van der Waals surface area contributed by atoms with Gasteiger partial charge >= 0.3 is 0 Å². The number of aromatic nitrogens is 3. The number of hydrogen-bond acceptors (Lipinski definition) is 3. The van der Waals surface area contributed by atoms with Crippen molar-refractivity contribution in [3.8, 4) is 11.4 Å². The Morgan fingerprint density at radius 2 is 1.86 bits per heavy atom. The highest BCUT2D eigenvalue weighted by Crippen LogP contribution is 2.30. The fourth-order valence-corrected chi connectivity index (χ4v) is 2.53. The zero-order valence-electron chi connectivity index (χ0n) is 12.7. The third-order valence-corrected chi connectivity index (χ3v) is 3.52. The molecule has 21 heavy (non-hydrogen) atoms. The van der Waals surface area contributed by atoms with E-state index in [9.17, 15) is 13.6 Å². The third-order valence-electron chi connectivity index (χ3n) is 3.52. The maximum absolute atomic E-state index is 12.9. The Hall–Kier alpha value is -2.11. The fourth-order valence-electron chi connectivity index (χ4n) is 2.53. The lowest BCUT2D eigenvalue weighted by Gasteiger charge is -2.09. The number of halogens is 2. The van der Waals surface area contributed by atoms with Crippen molar-refractivity contribution >= 4 is 5.78 Å². The number of carbonyl (C=O) groups is 1. The highest BCUT2D eigenvalue weighted by atomic mass is 19.3. The van der Waals surface area contributed by atoms with E-state index in [2.05, 4.69) is 10.1 Å². The predicted octanol–water partition coefficient (Wildman–Crippen LogP) is 3.55. The van der Waals surface area contributed by atoms with Gasteiger partial charge in [0.2, 0.25) is 0 Å². The quantitative estimate of drug-likeness (QED) is 0.813. The molecule has 0 saturated carbocycles. The first-order valence-electron chi connectivity index (χ1n) is 6.55. The Morgan fingerprint density at radius 1 is 1.24 bits per heavy atom. The minimum atomic E-state index is -2.55. The Labute approximate surface area is 121 Å². The molecule has 0 saturated heterocycles. The molecule has 0 unspecified atom stereocenters. The first kappa shape index (κ1) is 15.3. The molecule has 112 valence electrons. The van der Waals surface area contributed by atoms with Crippen LogP contribution in [0.5, 0.6) is 0 Å². The zero-order chi connectivity index (χ0) is 15.9. The molecule has 0 aromatic carbocycles. The van der Waals surface area contributed by atoms with Crippen LogP contribution in [0.15, 0.2) is 6.07 Å². The number of ketones is 1. The van der Waals surface area contributed by atoms with Gasteiger partial charge in [0, 0.05) is 30.8 Å². The molecular weight excluding hydrogens is 276 g/mol. The van der Waals surface area contributed by atoms with E-state index in [4.69, 9.17) is 0 Å². The van der Waals surface area contributed by atoms with Crippen LogP contribution in [0.2, 0.25) is 0 Å². The van der Waals surface area contributed by atoms with E-state index in [1.165, 1.54) is 17.7 Å². The molecule has 0 atom stereocenters. The van der Waals surface area contributed by atoms with Crippen molar-refractivity contribution in [1.82, 2.24) is 14.8 Å². The first-order valence-corrected chi connectivity index (χ1v) is 6.55. The molecule has 0 aliphatic heterocycles. The summed E-state index contributed by atoms with van der Waals surface area (Å²) < 4.78 is 27.3. The summed E-state index contributed by atoms with van der Waals surface area (Å²) in [5.74, 6) is -0.0904. The van der Waals surface area contributed by atoms with E-state index in [0.717, 1.165) is 0 Å². The zero-order valence-corrected chi connectivity index (χ0v) is 12.7. The lowest BCUT2D eigenvalue weighted by molar-refractivity contribution is 0.100. The summed E-state index contributed by atoms with van der Waals surface area (Å²) in [5.41, 5.74) is 3.14. The predicted molar refractivity (Wildman–Crippen MR) is 75.6 cm³/mol. The number of hydrogen-bond donors (Lipinski definition) is 0. The van der Waals surface area contributed by atoms with Gasteiger partial charge < -0.3 is 0 Å². The Bertz CT molecular complexity index is 720. The number of carbonyl (C=O) groups excluding carboxylic acids is 1. The normalized spacial score (nSPS) is 11.2. The van der Waals surface area contributed by atoms with Crippen LogP contribution in [0.1, 0.15) is 46.2 Å². The van der Waals surface area contributed by atoms with Crippen molar-refractivity contribution in [2.75, 3.05) is 0 Å². The third kappa shape index (κ3) is 2.57. The van der Waals surface area contributed by atoms with Crippen molar-refractivity contribution in [3.05, 3.63) is 34.1 Å². The van der Waals surface area contributed by atoms with Gasteiger partial charge in [0.15, 0.2) is 5.78 Å². The van der Waals surface area contributed by atoms with Crippen LogP contribution < -0.4 is 0 Å². The summed E-state index contributed by atoms with van der Waals surface area (Å²) in [7, 11) is 1.68. The van der Waals surface area contributed by atoms with Crippen LogP contribution in [-0.4, -0.2) is 20.5 Å². The van der Waals surface area contributed by atoms with Crippen LogP contribution in [0.4, 0.5) is 8.78 Å². The topological polar surface area (TPSA) is 47.8 Å². The van der Waals surface area contributed by atoms with E-state index in [1.54, 1.807) is 27.8 Å². The smallest absolute Gasteiger partial charge is 0.265 e. The molecule has 2 heterocycles. The molecule has 2 aromatic rings. The Balaban J connectivity index is 2.66. The number of alkyl halides is 2. The van der Waals surface area contributed by atoms with E-state index in [1.807, 2.05) is 0 Å². The number of nitrogens with zero attached hydrogens (tertiary/aromatic N) is 3. The number of Topliss-reactive ketones (excluding diaryl/α,β-unsaturated/α-hetero) is 1. The molecule has 4 nitrogen and oxygen atoms in total. The van der Waals surface area contributed by atoms with Crippen molar-refractivity contribution in [3.63, 3.8) is 0 Å². The van der Waals surface area contributed by atoms with Crippen molar-refractivity contribution in [2.45, 2.75) is 34.1 Å². The van der Waals surface area contributed by atoms with Crippen molar-refractivity contribution in [1.29, 1.82) is 0 Å². The Morgan fingerprint density at radius 3 is 2.33 bits per heavy atom. The molecule has 0 bridgehead atoms. The molecule has 2 aromatic heterocycles. The summed E-state index contributed by atoms with van der Waals surface area (Å²) in [5, 5.41) is 4.32. The van der Waals surface area contributed by atoms with Gasteiger partial charge in [0.1, 0.15) is 11.4 Å². The second-order valence-corrected chi connectivity index (χ2v) is 5.13. The van der Waals surface area contributed by atoms with Crippen LogP contribution in [0.3, 0.4) is 0 Å². The average Bonchev–Trinajstić information content (AvgIpc) is 2.66. The Kier molecular flexibility index (Phi) is 3.89. The summed E-state index contributed by atoms with van der Waals surface area (Å²) in [4.78, 5) is 15.9. The SMILES string of the molecule is CC(=O)c1c(C)c(-c2nc(C)c(C(F)F)cc2C)nn1C. The van der Waals surface area contributed by atoms with Gasteiger partial charge in [-0.25, -0.2) is 8.78 Å². The second kappa shape index (κ2) is 5.35. The summed E-state index contributed by atoms with van der Waals surface area (Å²) in [6.45, 7) is 6.53. The van der Waals surface area contributed by atoms with E-state index < -0.39 is 6.43 Å². The number of aryl methyl sites for hydroxylation is 3. The maximum Gasteiger partial charge on any atom is 0.265 e. The molecule has 0 N–H and O–H groups in total. The van der Waals surface area contributed by atoms with Gasteiger partial charge in [-0.15, -0.1) is 0 Å². The fraction of sp³-hybridized carbons (Fsp3) is 0.400. The molecule has 0 amide bonds. The highest BCUT2D eigenvalue weighted by Gasteiger charge is 2.21.